The van der Waals surface area contributed by atoms with E-state index in [0.717, 1.165) is 18.2 Å². The summed E-state index contributed by atoms with van der Waals surface area (Å²) in [7, 11) is 0. The molecule has 0 bridgehead atoms. The molecule has 0 radical (unpaired) electrons. The van der Waals surface area contributed by atoms with E-state index in [2.05, 4.69) is 4.98 Å². The van der Waals surface area contributed by atoms with Crippen molar-refractivity contribution >= 4 is 16.6 Å². The van der Waals surface area contributed by atoms with E-state index < -0.39 is 12.7 Å². The van der Waals surface area contributed by atoms with Crippen molar-refractivity contribution in [3.63, 3.8) is 0 Å². The first-order valence-corrected chi connectivity index (χ1v) is 6.89. The van der Waals surface area contributed by atoms with Gasteiger partial charge in [0.2, 0.25) is 0 Å². The van der Waals surface area contributed by atoms with Crippen LogP contribution in [0.2, 0.25) is 0 Å². The van der Waals surface area contributed by atoms with Crippen molar-refractivity contribution in [2.45, 2.75) is 31.6 Å². The van der Waals surface area contributed by atoms with Crippen LogP contribution in [0.3, 0.4) is 0 Å². The summed E-state index contributed by atoms with van der Waals surface area (Å²) in [5.41, 5.74) is 7.65. The molecule has 1 heterocycles. The molecule has 0 saturated heterocycles. The van der Waals surface area contributed by atoms with E-state index >= 15 is 0 Å². The molecule has 0 unspecified atom stereocenters. The highest BCUT2D eigenvalue weighted by Crippen LogP contribution is 2.39. The number of hydrogen-bond donors (Lipinski definition) is 1. The maximum atomic E-state index is 12.9. The Morgan fingerprint density at radius 3 is 2.57 bits per heavy atom. The molecule has 3 rings (SSSR count). The monoisotopic (exact) mass is 295 g/mol. The maximum absolute atomic E-state index is 12.9. The van der Waals surface area contributed by atoms with Gasteiger partial charge in [0, 0.05) is 29.7 Å². The molecule has 1 aromatic heterocycles. The van der Waals surface area contributed by atoms with Crippen LogP contribution in [0.25, 0.3) is 10.9 Å². The van der Waals surface area contributed by atoms with Crippen LogP contribution in [-0.2, 0) is 6.54 Å². The second kappa shape index (κ2) is 5.18. The number of nitrogens with zero attached hydrogens (tertiary/aromatic N) is 2. The van der Waals surface area contributed by atoms with Gasteiger partial charge in [-0.2, -0.15) is 13.2 Å². The standard InChI is InChI=1S/C15H16F3N3/c16-15(17,18)9-21(11-5-6-11)14-10(7-19)8-20-13-4-2-1-3-12(13)14/h1-4,8,11H,5-7,9,19H2. The van der Waals surface area contributed by atoms with Crippen LogP contribution in [0.1, 0.15) is 18.4 Å². The van der Waals surface area contributed by atoms with Gasteiger partial charge in [-0.3, -0.25) is 4.98 Å². The zero-order chi connectivity index (χ0) is 15.0. The molecular weight excluding hydrogens is 279 g/mol. The van der Waals surface area contributed by atoms with Crippen molar-refractivity contribution in [2.24, 2.45) is 5.73 Å². The third kappa shape index (κ3) is 2.95. The Morgan fingerprint density at radius 1 is 1.24 bits per heavy atom. The van der Waals surface area contributed by atoms with Crippen molar-refractivity contribution in [3.05, 3.63) is 36.0 Å². The summed E-state index contributed by atoms with van der Waals surface area (Å²) in [6, 6.07) is 7.20. The molecule has 112 valence electrons. The van der Waals surface area contributed by atoms with E-state index in [1.807, 2.05) is 18.2 Å². The summed E-state index contributed by atoms with van der Waals surface area (Å²) >= 11 is 0. The minimum atomic E-state index is -4.24. The van der Waals surface area contributed by atoms with E-state index in [9.17, 15) is 13.2 Å². The Morgan fingerprint density at radius 2 is 1.95 bits per heavy atom. The molecule has 1 saturated carbocycles. The van der Waals surface area contributed by atoms with Gasteiger partial charge in [-0.1, -0.05) is 18.2 Å². The maximum Gasteiger partial charge on any atom is 0.405 e. The lowest BCUT2D eigenvalue weighted by molar-refractivity contribution is -0.119. The summed E-state index contributed by atoms with van der Waals surface area (Å²) < 4.78 is 38.8. The predicted molar refractivity (Wildman–Crippen MR) is 76.1 cm³/mol. The van der Waals surface area contributed by atoms with Gasteiger partial charge in [-0.25, -0.2) is 0 Å². The summed E-state index contributed by atoms with van der Waals surface area (Å²) in [5.74, 6) is 0. The molecule has 2 aromatic rings. The van der Waals surface area contributed by atoms with Crippen molar-refractivity contribution < 1.29 is 13.2 Å². The van der Waals surface area contributed by atoms with E-state index in [4.69, 9.17) is 5.73 Å². The lowest BCUT2D eigenvalue weighted by Gasteiger charge is -2.29. The first-order valence-electron chi connectivity index (χ1n) is 6.89. The number of halogens is 3. The highest BCUT2D eigenvalue weighted by Gasteiger charge is 2.39. The number of nitrogens with two attached hydrogens (primary N) is 1. The number of rotatable bonds is 4. The Hall–Kier alpha value is -1.82. The van der Waals surface area contributed by atoms with Gasteiger partial charge < -0.3 is 10.6 Å². The van der Waals surface area contributed by atoms with Gasteiger partial charge >= 0.3 is 6.18 Å². The SMILES string of the molecule is NCc1cnc2ccccc2c1N(CC(F)(F)F)C1CC1. The summed E-state index contributed by atoms with van der Waals surface area (Å²) in [4.78, 5) is 5.73. The van der Waals surface area contributed by atoms with Gasteiger partial charge in [-0.15, -0.1) is 0 Å². The third-order valence-corrected chi connectivity index (χ3v) is 3.67. The molecule has 3 nitrogen and oxygen atoms in total. The average Bonchev–Trinajstić information content (AvgIpc) is 3.27. The number of benzene rings is 1. The van der Waals surface area contributed by atoms with E-state index in [0.29, 0.717) is 16.8 Å². The molecule has 1 aromatic carbocycles. The normalized spacial score (nSPS) is 15.4. The van der Waals surface area contributed by atoms with Crippen molar-refractivity contribution in [1.82, 2.24) is 4.98 Å². The minimum absolute atomic E-state index is 0.0530. The molecule has 1 aliphatic carbocycles. The average molecular weight is 295 g/mol. The van der Waals surface area contributed by atoms with Crippen LogP contribution in [-0.4, -0.2) is 23.7 Å². The van der Waals surface area contributed by atoms with Crippen LogP contribution in [0.4, 0.5) is 18.9 Å². The Bertz CT molecular complexity index is 650. The van der Waals surface area contributed by atoms with Gasteiger partial charge in [0.15, 0.2) is 0 Å². The zero-order valence-electron chi connectivity index (χ0n) is 11.4. The Kier molecular flexibility index (Phi) is 3.49. The molecule has 0 amide bonds. The highest BCUT2D eigenvalue weighted by molar-refractivity contribution is 5.93. The fourth-order valence-electron chi connectivity index (χ4n) is 2.63. The van der Waals surface area contributed by atoms with E-state index in [-0.39, 0.29) is 12.6 Å². The Labute approximate surface area is 120 Å². The number of hydrogen-bond acceptors (Lipinski definition) is 3. The van der Waals surface area contributed by atoms with Gasteiger partial charge in [0.05, 0.1) is 11.2 Å². The Balaban J connectivity index is 2.15. The third-order valence-electron chi connectivity index (χ3n) is 3.67. The molecule has 0 aliphatic heterocycles. The number of anilines is 1. The highest BCUT2D eigenvalue weighted by atomic mass is 19.4. The van der Waals surface area contributed by atoms with Crippen LogP contribution in [0.15, 0.2) is 30.5 Å². The molecule has 0 spiro atoms. The minimum Gasteiger partial charge on any atom is -0.359 e. The number of alkyl halides is 3. The molecule has 1 fully saturated rings. The second-order valence-electron chi connectivity index (χ2n) is 5.33. The van der Waals surface area contributed by atoms with Crippen molar-refractivity contribution in [2.75, 3.05) is 11.4 Å². The fourth-order valence-corrected chi connectivity index (χ4v) is 2.63. The quantitative estimate of drug-likeness (QED) is 0.941. The van der Waals surface area contributed by atoms with E-state index in [1.165, 1.54) is 4.90 Å². The fraction of sp³-hybridized carbons (Fsp3) is 0.400. The van der Waals surface area contributed by atoms with Crippen LogP contribution in [0, 0.1) is 0 Å². The lowest BCUT2D eigenvalue weighted by atomic mass is 10.1. The molecular formula is C15H16F3N3. The number of aromatic nitrogens is 1. The summed E-state index contributed by atoms with van der Waals surface area (Å²) in [6.07, 6.45) is -1.07. The van der Waals surface area contributed by atoms with Crippen molar-refractivity contribution in [3.8, 4) is 0 Å². The summed E-state index contributed by atoms with van der Waals surface area (Å²) in [5, 5.41) is 0.733. The number of pyridine rings is 1. The van der Waals surface area contributed by atoms with Gasteiger partial charge in [0.1, 0.15) is 6.54 Å². The van der Waals surface area contributed by atoms with Gasteiger partial charge in [0.25, 0.3) is 0 Å². The van der Waals surface area contributed by atoms with Crippen molar-refractivity contribution in [1.29, 1.82) is 0 Å². The molecule has 2 N–H and O–H groups in total. The van der Waals surface area contributed by atoms with E-state index in [1.54, 1.807) is 12.3 Å². The number of para-hydroxylation sites is 1. The zero-order valence-corrected chi connectivity index (χ0v) is 11.4. The van der Waals surface area contributed by atoms with Crippen LogP contribution >= 0.6 is 0 Å². The second-order valence-corrected chi connectivity index (χ2v) is 5.33. The first kappa shape index (κ1) is 14.1. The largest absolute Gasteiger partial charge is 0.405 e. The smallest absolute Gasteiger partial charge is 0.359 e. The van der Waals surface area contributed by atoms with Crippen LogP contribution in [0.5, 0.6) is 0 Å². The summed E-state index contributed by atoms with van der Waals surface area (Å²) in [6.45, 7) is -0.771. The molecule has 1 aliphatic rings. The number of fused-ring (bicyclic) bond motifs is 1. The molecule has 21 heavy (non-hydrogen) atoms. The van der Waals surface area contributed by atoms with Crippen LogP contribution < -0.4 is 10.6 Å². The predicted octanol–water partition coefficient (Wildman–Crippen LogP) is 3.22. The lowest BCUT2D eigenvalue weighted by Crippen LogP contribution is -2.37. The molecule has 6 heteroatoms. The topological polar surface area (TPSA) is 42.1 Å². The van der Waals surface area contributed by atoms with Gasteiger partial charge in [-0.05, 0) is 18.9 Å². The first-order chi connectivity index (χ1) is 9.99. The molecule has 0 atom stereocenters.